The van der Waals surface area contributed by atoms with Crippen molar-refractivity contribution in [3.8, 4) is 17.2 Å². The van der Waals surface area contributed by atoms with Crippen molar-refractivity contribution in [3.63, 3.8) is 0 Å². The highest BCUT2D eigenvalue weighted by Gasteiger charge is 2.69. The van der Waals surface area contributed by atoms with Crippen LogP contribution in [0.2, 0.25) is 0 Å². The Morgan fingerprint density at radius 3 is 2.29 bits per heavy atom. The minimum absolute atomic E-state index is 0.0629. The summed E-state index contributed by atoms with van der Waals surface area (Å²) in [4.78, 5) is 25.7. The molecule has 7 rings (SSSR count). The molecule has 2 bridgehead atoms. The van der Waals surface area contributed by atoms with Gasteiger partial charge < -0.3 is 78.8 Å². The summed E-state index contributed by atoms with van der Waals surface area (Å²) in [5, 5.41) is 86.4. The SMILES string of the molecule is COc1cc(/C=C/C(=O)OC[C@]2(O)CO[C@@H](OC[C@H]3O[C@@H](O[C@@H]4CC[C@@]5(C)[C@@H]6CC[C@@H]7C[C@@]6(CC[C@@H]5[C@]4(C)C=O)C[C@]7(O)CO)[C@H](O)[C@@H](O)[C@@H]3O)[C@@H]2O)cc(OC)c1O. The van der Waals surface area contributed by atoms with Crippen molar-refractivity contribution in [2.75, 3.05) is 40.6 Å². The molecule has 0 amide bonds. The van der Waals surface area contributed by atoms with Gasteiger partial charge in [0.15, 0.2) is 29.7 Å². The molecule has 8 N–H and O–H groups in total. The molecular formula is C42H60O17. The molecular weight excluding hydrogens is 776 g/mol. The van der Waals surface area contributed by atoms with Crippen molar-refractivity contribution < 1.29 is 83.6 Å². The number of aliphatic hydroxyl groups is 7. The lowest BCUT2D eigenvalue weighted by Gasteiger charge is -2.64. The fourth-order valence-corrected chi connectivity index (χ4v) is 12.0. The molecule has 1 aromatic rings. The Morgan fingerprint density at radius 1 is 0.915 bits per heavy atom. The number of carbonyl (C=O) groups is 2. The van der Waals surface area contributed by atoms with Crippen LogP contribution in [-0.4, -0.2) is 154 Å². The van der Waals surface area contributed by atoms with Gasteiger partial charge in [0, 0.05) is 6.08 Å². The molecule has 6 fully saturated rings. The fourth-order valence-electron chi connectivity index (χ4n) is 12.0. The number of phenols is 1. The van der Waals surface area contributed by atoms with Crippen LogP contribution in [-0.2, 0) is 33.3 Å². The molecule has 2 heterocycles. The number of hydrogen-bond donors (Lipinski definition) is 8. The van der Waals surface area contributed by atoms with Crippen LogP contribution >= 0.6 is 0 Å². The lowest BCUT2D eigenvalue weighted by Crippen LogP contribution is -2.64. The van der Waals surface area contributed by atoms with E-state index in [-0.39, 0.29) is 52.4 Å². The third-order valence-corrected chi connectivity index (χ3v) is 15.1. The predicted molar refractivity (Wildman–Crippen MR) is 204 cm³/mol. The number of hydrogen-bond acceptors (Lipinski definition) is 17. The molecule has 2 saturated heterocycles. The lowest BCUT2D eigenvalue weighted by atomic mass is 9.40. The third-order valence-electron chi connectivity index (χ3n) is 15.1. The number of ether oxygens (including phenoxy) is 7. The van der Waals surface area contributed by atoms with Gasteiger partial charge in [0.25, 0.3) is 0 Å². The van der Waals surface area contributed by atoms with Gasteiger partial charge in [-0.2, -0.15) is 0 Å². The highest BCUT2D eigenvalue weighted by molar-refractivity contribution is 5.87. The van der Waals surface area contributed by atoms with Crippen molar-refractivity contribution in [1.29, 1.82) is 0 Å². The van der Waals surface area contributed by atoms with Crippen LogP contribution in [0.1, 0.15) is 70.8 Å². The zero-order chi connectivity index (χ0) is 42.7. The smallest absolute Gasteiger partial charge is 0.330 e. The number of carbonyl (C=O) groups excluding carboxylic acids is 2. The first kappa shape index (κ1) is 44.1. The topological polar surface area (TPSA) is 261 Å². The number of aliphatic hydroxyl groups excluding tert-OH is 5. The van der Waals surface area contributed by atoms with Crippen molar-refractivity contribution in [1.82, 2.24) is 0 Å². The van der Waals surface area contributed by atoms with Crippen LogP contribution in [0, 0.1) is 34.0 Å². The molecule has 59 heavy (non-hydrogen) atoms. The highest BCUT2D eigenvalue weighted by atomic mass is 16.7. The van der Waals surface area contributed by atoms with Crippen LogP contribution in [0.5, 0.6) is 17.2 Å². The summed E-state index contributed by atoms with van der Waals surface area (Å²) in [5.74, 6) is -0.614. The Balaban J connectivity index is 0.951. The van der Waals surface area contributed by atoms with Gasteiger partial charge in [0.2, 0.25) is 5.75 Å². The molecule has 1 spiro atoms. The van der Waals surface area contributed by atoms with E-state index in [1.165, 1.54) is 32.4 Å². The minimum Gasteiger partial charge on any atom is -0.502 e. The largest absolute Gasteiger partial charge is 0.502 e. The van der Waals surface area contributed by atoms with Crippen molar-refractivity contribution in [2.45, 2.75) is 126 Å². The van der Waals surface area contributed by atoms with Gasteiger partial charge >= 0.3 is 5.97 Å². The van der Waals surface area contributed by atoms with E-state index in [4.69, 9.17) is 33.2 Å². The van der Waals surface area contributed by atoms with E-state index < -0.39 is 91.6 Å². The maximum atomic E-state index is 13.2. The standard InChI is InChI=1S/C42H60O17/c1-38-11-10-29(39(2,18-43)27(38)9-12-40-15-23(6-7-28(38)40)41(51,17-40)19-44)59-36-34(49)33(48)32(47)26(58-36)16-55-37-35(50)42(52,21-57-37)20-56-30(45)8-5-22-13-24(53-3)31(46)25(14-22)54-4/h5,8,13-14,18,23,26-29,32-37,44,46-52H,6-7,9-12,15-17,19-21H2,1-4H3/b8-5+/t23-,26-,27+,28+,29-,32-,33+,34-,35+,36+,37-,38-,39+,40+,41+,42+/m1/s1. The quantitative estimate of drug-likeness (QED) is 0.0585. The van der Waals surface area contributed by atoms with Gasteiger partial charge in [0.1, 0.15) is 43.4 Å². The number of aldehydes is 1. The Bertz CT molecular complexity index is 1720. The normalized spacial score (nSPS) is 45.4. The molecule has 0 radical (unpaired) electrons. The molecule has 17 heteroatoms. The first-order valence-corrected chi connectivity index (χ1v) is 20.5. The second kappa shape index (κ2) is 16.4. The molecule has 2 aliphatic heterocycles. The summed E-state index contributed by atoms with van der Waals surface area (Å²) < 4.78 is 39.0. The molecule has 4 aliphatic carbocycles. The monoisotopic (exact) mass is 836 g/mol. The molecule has 330 valence electrons. The highest BCUT2D eigenvalue weighted by Crippen LogP contribution is 2.73. The number of rotatable bonds is 13. The van der Waals surface area contributed by atoms with Crippen molar-refractivity contribution in [2.24, 2.45) is 34.0 Å². The average molecular weight is 837 g/mol. The number of phenolic OH excluding ortho intramolecular Hbond substituents is 1. The molecule has 4 saturated carbocycles. The van der Waals surface area contributed by atoms with Crippen LogP contribution in [0.4, 0.5) is 0 Å². The Labute approximate surface area is 342 Å². The average Bonchev–Trinajstić information content (AvgIpc) is 3.63. The van der Waals surface area contributed by atoms with Crippen LogP contribution < -0.4 is 9.47 Å². The summed E-state index contributed by atoms with van der Waals surface area (Å²) in [6, 6.07) is 2.93. The Hall–Kier alpha value is -2.94. The molecule has 0 unspecified atom stereocenters. The number of esters is 1. The maximum Gasteiger partial charge on any atom is 0.330 e. The van der Waals surface area contributed by atoms with Gasteiger partial charge in [-0.25, -0.2) is 4.79 Å². The van der Waals surface area contributed by atoms with Crippen molar-refractivity contribution in [3.05, 3.63) is 23.8 Å². The zero-order valence-electron chi connectivity index (χ0n) is 34.0. The second-order valence-electron chi connectivity index (χ2n) is 18.4. The Kier molecular flexibility index (Phi) is 12.3. The third kappa shape index (κ3) is 7.57. The number of fused-ring (bicyclic) bond motifs is 3. The minimum atomic E-state index is -2.07. The summed E-state index contributed by atoms with van der Waals surface area (Å²) in [6.07, 6.45) is -2.46. The summed E-state index contributed by atoms with van der Waals surface area (Å²) in [5.41, 5.74) is -4.05. The number of aromatic hydroxyl groups is 1. The van der Waals surface area contributed by atoms with Gasteiger partial charge in [-0.15, -0.1) is 0 Å². The first-order chi connectivity index (χ1) is 27.9. The molecule has 6 aliphatic rings. The first-order valence-electron chi connectivity index (χ1n) is 20.5. The fraction of sp³-hybridized carbons (Fsp3) is 0.762. The molecule has 0 aromatic heterocycles. The molecule has 16 atom stereocenters. The van der Waals surface area contributed by atoms with Crippen molar-refractivity contribution >= 4 is 18.3 Å². The second-order valence-corrected chi connectivity index (χ2v) is 18.4. The van der Waals surface area contributed by atoms with Crippen LogP contribution in [0.25, 0.3) is 6.08 Å². The molecule has 1 aromatic carbocycles. The maximum absolute atomic E-state index is 13.2. The van der Waals surface area contributed by atoms with E-state index in [1.54, 1.807) is 0 Å². The van der Waals surface area contributed by atoms with E-state index in [1.807, 2.05) is 6.92 Å². The van der Waals surface area contributed by atoms with E-state index in [0.29, 0.717) is 18.4 Å². The summed E-state index contributed by atoms with van der Waals surface area (Å²) in [6.45, 7) is 2.22. The number of methoxy groups -OCH3 is 2. The summed E-state index contributed by atoms with van der Waals surface area (Å²) >= 11 is 0. The van der Waals surface area contributed by atoms with Gasteiger partial charge in [-0.05, 0) is 104 Å². The summed E-state index contributed by atoms with van der Waals surface area (Å²) in [7, 11) is 2.71. The lowest BCUT2D eigenvalue weighted by molar-refractivity contribution is -0.332. The number of benzene rings is 1. The van der Waals surface area contributed by atoms with E-state index in [0.717, 1.165) is 50.9 Å². The Morgan fingerprint density at radius 2 is 1.63 bits per heavy atom. The van der Waals surface area contributed by atoms with Crippen LogP contribution in [0.15, 0.2) is 18.2 Å². The molecule has 17 nitrogen and oxygen atoms in total. The predicted octanol–water partition coefficient (Wildman–Crippen LogP) is 0.569. The zero-order valence-corrected chi connectivity index (χ0v) is 34.0. The van der Waals surface area contributed by atoms with Gasteiger partial charge in [-0.1, -0.05) is 13.8 Å². The van der Waals surface area contributed by atoms with Gasteiger partial charge in [-0.3, -0.25) is 0 Å². The van der Waals surface area contributed by atoms with E-state index >= 15 is 0 Å². The van der Waals surface area contributed by atoms with Gasteiger partial charge in [0.05, 0.1) is 51.2 Å². The van der Waals surface area contributed by atoms with Crippen LogP contribution in [0.3, 0.4) is 0 Å². The van der Waals surface area contributed by atoms with E-state index in [2.05, 4.69) is 6.92 Å². The van der Waals surface area contributed by atoms with E-state index in [9.17, 15) is 50.4 Å².